The van der Waals surface area contributed by atoms with Crippen LogP contribution in [0.15, 0.2) is 18.7 Å². The van der Waals surface area contributed by atoms with Crippen molar-refractivity contribution in [3.05, 3.63) is 30.1 Å². The van der Waals surface area contributed by atoms with Gasteiger partial charge in [0.25, 0.3) is 0 Å². The van der Waals surface area contributed by atoms with E-state index in [0.29, 0.717) is 17.0 Å². The lowest BCUT2D eigenvalue weighted by molar-refractivity contribution is 0.0595. The lowest BCUT2D eigenvalue weighted by Gasteiger charge is -2.09. The molecule has 3 heterocycles. The zero-order valence-electron chi connectivity index (χ0n) is 12.4. The van der Waals surface area contributed by atoms with Crippen molar-refractivity contribution in [1.29, 1.82) is 0 Å². The van der Waals surface area contributed by atoms with Gasteiger partial charge in [0.05, 0.1) is 36.5 Å². The number of imidazole rings is 1. The third-order valence-corrected chi connectivity index (χ3v) is 3.37. The molecule has 8 nitrogen and oxygen atoms in total. The molecule has 0 aliphatic rings. The minimum atomic E-state index is -0.632. The number of fused-ring (bicyclic) bond motifs is 1. The number of carbonyl (C=O) groups is 1. The number of anilines is 1. The molecule has 0 fully saturated rings. The monoisotopic (exact) mass is 298 g/mol. The van der Waals surface area contributed by atoms with Crippen LogP contribution >= 0.6 is 0 Å². The van der Waals surface area contributed by atoms with E-state index in [4.69, 9.17) is 5.73 Å². The predicted octanol–water partition coefficient (Wildman–Crippen LogP) is 1.10. The highest BCUT2D eigenvalue weighted by atomic mass is 16.5. The predicted molar refractivity (Wildman–Crippen MR) is 80.0 cm³/mol. The maximum atomic E-state index is 11.8. The Kier molecular flexibility index (Phi) is 3.21. The highest BCUT2D eigenvalue weighted by Crippen LogP contribution is 2.28. The average molecular weight is 298 g/mol. The van der Waals surface area contributed by atoms with E-state index in [1.165, 1.54) is 7.11 Å². The number of pyridine rings is 1. The summed E-state index contributed by atoms with van der Waals surface area (Å²) in [6, 6.07) is 0. The van der Waals surface area contributed by atoms with Gasteiger partial charge in [-0.1, -0.05) is 0 Å². The summed E-state index contributed by atoms with van der Waals surface area (Å²) < 4.78 is 6.54. The lowest BCUT2D eigenvalue weighted by atomic mass is 10.1. The van der Waals surface area contributed by atoms with E-state index in [-0.39, 0.29) is 11.5 Å². The molecule has 0 saturated heterocycles. The van der Waals surface area contributed by atoms with Gasteiger partial charge in [-0.05, 0) is 6.92 Å². The van der Waals surface area contributed by atoms with Gasteiger partial charge in [0, 0.05) is 18.8 Å². The molecule has 22 heavy (non-hydrogen) atoms. The summed E-state index contributed by atoms with van der Waals surface area (Å²) in [6.45, 7) is 1.77. The Balaban J connectivity index is 2.28. The van der Waals surface area contributed by atoms with Gasteiger partial charge in [-0.2, -0.15) is 0 Å². The van der Waals surface area contributed by atoms with Crippen molar-refractivity contribution >= 4 is 22.8 Å². The van der Waals surface area contributed by atoms with Crippen molar-refractivity contribution in [2.45, 2.75) is 6.92 Å². The molecule has 0 radical (unpaired) electrons. The largest absolute Gasteiger partial charge is 0.464 e. The Labute approximate surface area is 126 Å². The zero-order valence-corrected chi connectivity index (χ0v) is 12.4. The van der Waals surface area contributed by atoms with Gasteiger partial charge in [0.2, 0.25) is 0 Å². The Bertz CT molecular complexity index is 886. The van der Waals surface area contributed by atoms with Crippen molar-refractivity contribution in [3.8, 4) is 11.3 Å². The molecule has 0 aliphatic carbocycles. The molecule has 8 heteroatoms. The minimum Gasteiger partial charge on any atom is -0.464 e. The topological polar surface area (TPSA) is 109 Å². The quantitative estimate of drug-likeness (QED) is 0.705. The highest BCUT2D eigenvalue weighted by molar-refractivity contribution is 5.95. The summed E-state index contributed by atoms with van der Waals surface area (Å²) in [7, 11) is 3.15. The lowest BCUT2D eigenvalue weighted by Crippen LogP contribution is -2.12. The zero-order chi connectivity index (χ0) is 15.9. The van der Waals surface area contributed by atoms with Crippen LogP contribution in [-0.4, -0.2) is 37.6 Å². The average Bonchev–Trinajstić information content (AvgIpc) is 2.89. The summed E-state index contributed by atoms with van der Waals surface area (Å²) in [4.78, 5) is 28.8. The normalized spacial score (nSPS) is 10.9. The fourth-order valence-electron chi connectivity index (χ4n) is 2.25. The first-order valence-electron chi connectivity index (χ1n) is 6.50. The number of hydrogen-bond donors (Lipinski definition) is 1. The van der Waals surface area contributed by atoms with Crippen molar-refractivity contribution in [1.82, 2.24) is 24.5 Å². The van der Waals surface area contributed by atoms with E-state index < -0.39 is 5.97 Å². The number of carbonyl (C=O) groups excluding carboxylic acids is 1. The van der Waals surface area contributed by atoms with Gasteiger partial charge in [-0.15, -0.1) is 0 Å². The standard InChI is InChI=1S/C14H14N6O2/c1-7-10(19-12(13(15)18-7)14(21)22-3)8-4-16-5-9-11(8)17-6-20(9)2/h4-6H,1-3H3,(H2,15,18). The fourth-order valence-corrected chi connectivity index (χ4v) is 2.25. The molecule has 0 atom stereocenters. The molecule has 0 bridgehead atoms. The van der Waals surface area contributed by atoms with Crippen LogP contribution in [0.4, 0.5) is 5.82 Å². The second-order valence-electron chi connectivity index (χ2n) is 4.79. The van der Waals surface area contributed by atoms with E-state index in [2.05, 4.69) is 24.7 Å². The maximum absolute atomic E-state index is 11.8. The van der Waals surface area contributed by atoms with Gasteiger partial charge in [-0.25, -0.2) is 19.7 Å². The molecule has 3 rings (SSSR count). The van der Waals surface area contributed by atoms with E-state index in [1.807, 2.05) is 11.6 Å². The number of hydrogen-bond acceptors (Lipinski definition) is 7. The van der Waals surface area contributed by atoms with Gasteiger partial charge in [0.1, 0.15) is 5.52 Å². The van der Waals surface area contributed by atoms with Gasteiger partial charge in [-0.3, -0.25) is 4.98 Å². The third kappa shape index (κ3) is 2.05. The molecule has 0 unspecified atom stereocenters. The fraction of sp³-hybridized carbons (Fsp3) is 0.214. The number of nitrogen functional groups attached to an aromatic ring is 1. The Morgan fingerprint density at radius 1 is 1.32 bits per heavy atom. The number of ether oxygens (including phenoxy) is 1. The molecule has 0 spiro atoms. The molecule has 0 saturated carbocycles. The van der Waals surface area contributed by atoms with Crippen molar-refractivity contribution < 1.29 is 9.53 Å². The number of aryl methyl sites for hydroxylation is 2. The van der Waals surface area contributed by atoms with Crippen LogP contribution in [-0.2, 0) is 11.8 Å². The SMILES string of the molecule is COC(=O)c1nc(-c2cncc3c2ncn3C)c(C)nc1N. The van der Waals surface area contributed by atoms with Gasteiger partial charge >= 0.3 is 5.97 Å². The van der Waals surface area contributed by atoms with Crippen LogP contribution in [0, 0.1) is 6.92 Å². The van der Waals surface area contributed by atoms with Crippen LogP contribution in [0.3, 0.4) is 0 Å². The second kappa shape index (κ2) is 5.06. The van der Waals surface area contributed by atoms with E-state index in [1.54, 1.807) is 25.6 Å². The van der Waals surface area contributed by atoms with Gasteiger partial charge < -0.3 is 15.0 Å². The summed E-state index contributed by atoms with van der Waals surface area (Å²) >= 11 is 0. The van der Waals surface area contributed by atoms with Crippen LogP contribution in [0.2, 0.25) is 0 Å². The number of rotatable bonds is 2. The number of methoxy groups -OCH3 is 1. The summed E-state index contributed by atoms with van der Waals surface area (Å²) in [5.74, 6) is -0.596. The number of esters is 1. The second-order valence-corrected chi connectivity index (χ2v) is 4.79. The Hall–Kier alpha value is -3.03. The summed E-state index contributed by atoms with van der Waals surface area (Å²) in [6.07, 6.45) is 5.05. The molecule has 3 aromatic rings. The number of nitrogens with two attached hydrogens (primary N) is 1. The van der Waals surface area contributed by atoms with Crippen LogP contribution in [0.5, 0.6) is 0 Å². The first-order chi connectivity index (χ1) is 10.5. The maximum Gasteiger partial charge on any atom is 0.360 e. The third-order valence-electron chi connectivity index (χ3n) is 3.37. The molecule has 0 amide bonds. The van der Waals surface area contributed by atoms with Crippen LogP contribution in [0.1, 0.15) is 16.2 Å². The highest BCUT2D eigenvalue weighted by Gasteiger charge is 2.19. The minimum absolute atomic E-state index is 0.0176. The molecular weight excluding hydrogens is 284 g/mol. The molecular formula is C14H14N6O2. The van der Waals surface area contributed by atoms with Crippen LogP contribution < -0.4 is 5.73 Å². The summed E-state index contributed by atoms with van der Waals surface area (Å²) in [5.41, 5.74) is 9.10. The Morgan fingerprint density at radius 2 is 2.09 bits per heavy atom. The molecule has 112 valence electrons. The van der Waals surface area contributed by atoms with E-state index in [0.717, 1.165) is 11.0 Å². The van der Waals surface area contributed by atoms with Crippen LogP contribution in [0.25, 0.3) is 22.3 Å². The molecule has 0 aromatic carbocycles. The molecule has 0 aliphatic heterocycles. The first-order valence-corrected chi connectivity index (χ1v) is 6.50. The summed E-state index contributed by atoms with van der Waals surface area (Å²) in [5, 5.41) is 0. The van der Waals surface area contributed by atoms with Crippen molar-refractivity contribution in [2.24, 2.45) is 7.05 Å². The van der Waals surface area contributed by atoms with E-state index in [9.17, 15) is 4.79 Å². The molecule has 3 aromatic heterocycles. The number of nitrogens with zero attached hydrogens (tertiary/aromatic N) is 5. The Morgan fingerprint density at radius 3 is 2.82 bits per heavy atom. The smallest absolute Gasteiger partial charge is 0.360 e. The van der Waals surface area contributed by atoms with Crippen molar-refractivity contribution in [3.63, 3.8) is 0 Å². The molecule has 2 N–H and O–H groups in total. The van der Waals surface area contributed by atoms with E-state index >= 15 is 0 Å². The van der Waals surface area contributed by atoms with Crippen molar-refractivity contribution in [2.75, 3.05) is 12.8 Å². The first kappa shape index (κ1) is 13.9. The van der Waals surface area contributed by atoms with Gasteiger partial charge in [0.15, 0.2) is 11.5 Å². The number of aromatic nitrogens is 5.